The van der Waals surface area contributed by atoms with Crippen molar-refractivity contribution in [3.8, 4) is 0 Å². The van der Waals surface area contributed by atoms with Gasteiger partial charge in [-0.15, -0.1) is 0 Å². The van der Waals surface area contributed by atoms with Crippen LogP contribution in [0.25, 0.3) is 0 Å². The van der Waals surface area contributed by atoms with Crippen molar-refractivity contribution in [1.82, 2.24) is 0 Å². The number of hydrogen-bond donors (Lipinski definition) is 2. The Morgan fingerprint density at radius 2 is 0.565 bits per heavy atom. The zero-order valence-electron chi connectivity index (χ0n) is 9.77. The third-order valence-corrected chi connectivity index (χ3v) is 4.01. The minimum atomic E-state index is -7.31. The van der Waals surface area contributed by atoms with Gasteiger partial charge in [0.1, 0.15) is 0 Å². The van der Waals surface area contributed by atoms with Crippen LogP contribution in [-0.2, 0) is 39.9 Å². The van der Waals surface area contributed by atoms with E-state index in [4.69, 9.17) is 0 Å². The van der Waals surface area contributed by atoms with Crippen molar-refractivity contribution in [3.63, 3.8) is 0 Å². The molecule has 0 rings (SSSR count). The number of halogens is 12. The summed E-state index contributed by atoms with van der Waals surface area (Å²) in [6.07, 6.45) is 0. The van der Waals surface area contributed by atoms with Crippen molar-refractivity contribution in [1.29, 1.82) is 0 Å². The fraction of sp³-hybridized carbons (Fsp3) is 1.00. The summed E-state index contributed by atoms with van der Waals surface area (Å²) in [4.78, 5) is 0. The van der Waals surface area contributed by atoms with Crippen LogP contribution in [0, 0.1) is 0 Å². The first-order chi connectivity index (χ1) is 9.00. The molecule has 0 aromatic heterocycles. The average Bonchev–Trinajstić information content (AvgIpc) is 2.10. The van der Waals surface area contributed by atoms with Crippen molar-refractivity contribution in [2.45, 2.75) is 22.0 Å². The third-order valence-electron chi connectivity index (χ3n) is 1.34. The van der Waals surface area contributed by atoms with Crippen molar-refractivity contribution < 1.29 is 89.7 Å². The summed E-state index contributed by atoms with van der Waals surface area (Å²) >= 11 is 0. The molecule has 0 radical (unpaired) electrons. The second-order valence-corrected chi connectivity index (χ2v) is 7.21. The topological polar surface area (TPSA) is 80.3 Å². The first kappa shape index (κ1) is 27.8. The van der Waals surface area contributed by atoms with Crippen LogP contribution in [0.4, 0.5) is 52.7 Å². The fourth-order valence-electron chi connectivity index (χ4n) is 0.287. The van der Waals surface area contributed by atoms with Gasteiger partial charge in [-0.25, -0.2) is 8.42 Å². The second kappa shape index (κ2) is 7.49. The molecule has 0 aromatic carbocycles. The summed E-state index contributed by atoms with van der Waals surface area (Å²) in [5, 5.41) is 0. The molecule has 0 saturated heterocycles. The normalized spacial score (nSPS) is 15.9. The summed E-state index contributed by atoms with van der Waals surface area (Å²) in [7, 11) is -14.6. The van der Waals surface area contributed by atoms with Crippen molar-refractivity contribution in [2.75, 3.05) is 0 Å². The molecule has 19 heteroatoms. The molecule has 0 unspecified atom stereocenters. The standard InChI is InChI=1S/2C2H2F6O2S.Zn/c2*3-1(4,5)11(9,10)2(6,7)8;/h2*11H,(H,9,10);/q;;+2/p-2. The molecule has 140 valence electrons. The Kier molecular flexibility index (Phi) is 9.06. The van der Waals surface area contributed by atoms with Gasteiger partial charge in [0, 0.05) is 0 Å². The van der Waals surface area contributed by atoms with Crippen LogP contribution < -0.4 is 0 Å². The molecule has 0 aliphatic heterocycles. The number of alkyl halides is 12. The van der Waals surface area contributed by atoms with E-state index in [1.807, 2.05) is 0 Å². The van der Waals surface area contributed by atoms with E-state index in [0.717, 1.165) is 0 Å². The van der Waals surface area contributed by atoms with Crippen LogP contribution in [-0.4, -0.2) is 39.6 Å². The predicted molar refractivity (Wildman–Crippen MR) is 44.8 cm³/mol. The van der Waals surface area contributed by atoms with E-state index in [9.17, 15) is 70.2 Å². The van der Waals surface area contributed by atoms with E-state index in [2.05, 4.69) is 0 Å². The summed E-state index contributed by atoms with van der Waals surface area (Å²) in [5.41, 5.74) is -25.0. The van der Waals surface area contributed by atoms with E-state index < -0.39 is 42.5 Å². The molecule has 0 spiro atoms. The molecule has 0 heterocycles. The first-order valence-electron chi connectivity index (χ1n) is 3.89. The monoisotopic (exact) mass is 470 g/mol. The Morgan fingerprint density at radius 3 is 0.565 bits per heavy atom. The number of hydrogen-bond acceptors (Lipinski definition) is 4. The molecular weight excluding hydrogens is 470 g/mol. The maximum absolute atomic E-state index is 11.0. The third kappa shape index (κ3) is 6.79. The van der Waals surface area contributed by atoms with Crippen LogP contribution in [0.2, 0.25) is 0 Å². The Labute approximate surface area is 132 Å². The van der Waals surface area contributed by atoms with Crippen LogP contribution in [0.3, 0.4) is 0 Å². The van der Waals surface area contributed by atoms with Gasteiger partial charge in [-0.05, 0) is 0 Å². The zero-order chi connectivity index (χ0) is 19.0. The summed E-state index contributed by atoms with van der Waals surface area (Å²) in [6, 6.07) is 0. The molecule has 0 N–H and O–H groups in total. The fourth-order valence-corrected chi connectivity index (χ4v) is 0.862. The van der Waals surface area contributed by atoms with Gasteiger partial charge in [0.15, 0.2) is 0 Å². The van der Waals surface area contributed by atoms with E-state index in [0.29, 0.717) is 0 Å². The van der Waals surface area contributed by atoms with Crippen molar-refractivity contribution in [2.24, 2.45) is 0 Å². The summed E-state index contributed by atoms with van der Waals surface area (Å²) in [5.74, 6) is 0. The van der Waals surface area contributed by atoms with E-state index in [1.165, 1.54) is 0 Å². The Balaban J connectivity index is -0.000000333. The summed E-state index contributed by atoms with van der Waals surface area (Å²) < 4.78 is 170. The van der Waals surface area contributed by atoms with Crippen LogP contribution in [0.15, 0.2) is 0 Å². The van der Waals surface area contributed by atoms with Crippen LogP contribution in [0.1, 0.15) is 0 Å². The second-order valence-electron chi connectivity index (χ2n) is 2.97. The van der Waals surface area contributed by atoms with Gasteiger partial charge in [0.2, 0.25) is 0 Å². The number of sulfone groups is 2. The Bertz CT molecular complexity index is 393. The van der Waals surface area contributed by atoms with Crippen molar-refractivity contribution in [3.05, 3.63) is 0 Å². The molecule has 0 bridgehead atoms. The average molecular weight is 472 g/mol. The minimum absolute atomic E-state index is 0. The van der Waals surface area contributed by atoms with E-state index in [-0.39, 0.29) is 19.5 Å². The zero-order valence-corrected chi connectivity index (χ0v) is 14.5. The van der Waals surface area contributed by atoms with Gasteiger partial charge in [-0.2, -0.15) is 73.1 Å². The van der Waals surface area contributed by atoms with Gasteiger partial charge in [0.05, 0.1) is 0 Å². The molecule has 0 amide bonds. The maximum atomic E-state index is 11.0. The van der Waals surface area contributed by atoms with Gasteiger partial charge in [0.25, 0.3) is 0 Å². The van der Waals surface area contributed by atoms with Crippen LogP contribution >= 0.6 is 0 Å². The Hall–Kier alpha value is 0.00338. The quantitative estimate of drug-likeness (QED) is 0.323. The molecule has 4 nitrogen and oxygen atoms in total. The number of thiol groups is 2. The number of rotatable bonds is 0. The summed E-state index contributed by atoms with van der Waals surface area (Å²) in [6.45, 7) is 0. The largest absolute Gasteiger partial charge is 2.00 e. The van der Waals surface area contributed by atoms with Gasteiger partial charge >= 0.3 is 41.5 Å². The molecule has 0 fully saturated rings. The van der Waals surface area contributed by atoms with Crippen LogP contribution in [0.5, 0.6) is 0 Å². The van der Waals surface area contributed by atoms with E-state index >= 15 is 0 Å². The maximum Gasteiger partial charge on any atom is 2.00 e. The molecule has 0 aliphatic carbocycles. The molecule has 23 heavy (non-hydrogen) atoms. The van der Waals surface area contributed by atoms with Gasteiger partial charge < -0.3 is 9.11 Å². The predicted octanol–water partition coefficient (Wildman–Crippen LogP) is 2.34. The smallest absolute Gasteiger partial charge is 0.759 e. The Morgan fingerprint density at radius 1 is 0.478 bits per heavy atom. The SMILES string of the molecule is O=[SH]([O-])(C(F)(F)F)C(F)(F)F.O=[SH]([O-])(C(F)(F)F)C(F)(F)F.[Zn+2]. The molecule has 0 aliphatic rings. The van der Waals surface area contributed by atoms with Crippen molar-refractivity contribution >= 4 is 20.4 Å². The molecule has 0 saturated carbocycles. The first-order valence-corrected chi connectivity index (χ1v) is 7.14. The van der Waals surface area contributed by atoms with E-state index in [1.54, 1.807) is 0 Å². The van der Waals surface area contributed by atoms with Gasteiger partial charge in [-0.3, -0.25) is 0 Å². The minimum Gasteiger partial charge on any atom is -0.759 e. The molecule has 0 atom stereocenters. The molecule has 0 aromatic rings. The molecular formula is C4H2F12O4S2Zn. The van der Waals surface area contributed by atoms with Gasteiger partial charge in [-0.1, -0.05) is 0 Å².